The van der Waals surface area contributed by atoms with Crippen LogP contribution >= 0.6 is 12.4 Å². The summed E-state index contributed by atoms with van der Waals surface area (Å²) in [6.45, 7) is 0. The molecule has 0 radical (unpaired) electrons. The first-order valence-corrected chi connectivity index (χ1v) is 3.74. The monoisotopic (exact) mass is 203 g/mol. The molecule has 1 aromatic carbocycles. The Morgan fingerprint density at radius 1 is 1.31 bits per heavy atom. The fourth-order valence-corrected chi connectivity index (χ4v) is 0.964. The van der Waals surface area contributed by atoms with E-state index in [9.17, 15) is 0 Å². The van der Waals surface area contributed by atoms with E-state index in [1.165, 1.54) is 0 Å². The van der Waals surface area contributed by atoms with Crippen molar-refractivity contribution in [3.8, 4) is 0 Å². The largest absolute Gasteiger partial charge is 0.488 e. The Kier molecular flexibility index (Phi) is 4.84. The second kappa shape index (κ2) is 5.12. The van der Waals surface area contributed by atoms with E-state index in [0.717, 1.165) is 5.69 Å². The van der Waals surface area contributed by atoms with Crippen LogP contribution in [0.2, 0.25) is 0 Å². The smallest absolute Gasteiger partial charge is 0.423 e. The summed E-state index contributed by atoms with van der Waals surface area (Å²) < 4.78 is 0. The average molecular weight is 203 g/mol. The van der Waals surface area contributed by atoms with Crippen LogP contribution in [0.15, 0.2) is 24.3 Å². The summed E-state index contributed by atoms with van der Waals surface area (Å²) in [5.74, 6) is 0. The molecule has 0 saturated carbocycles. The molecule has 3 nitrogen and oxygen atoms in total. The van der Waals surface area contributed by atoms with E-state index in [1.807, 2.05) is 25.1 Å². The summed E-state index contributed by atoms with van der Waals surface area (Å²) in [5.41, 5.74) is 1.47. The van der Waals surface area contributed by atoms with Gasteiger partial charge in [0, 0.05) is 21.2 Å². The topological polar surface area (TPSA) is 43.7 Å². The average Bonchev–Trinajstić information content (AvgIpc) is 2.04. The fraction of sp³-hybridized carbons (Fsp3) is 0.250. The standard InChI is InChI=1S/C8H12BNO2.ClH.H2/c1-10(2)8-5-3-4-7(6-8)9(11)12;;/h3-6,11-12H,1-2H3;2*1H. The molecule has 0 aliphatic carbocycles. The van der Waals surface area contributed by atoms with Gasteiger partial charge in [-0.3, -0.25) is 0 Å². The molecule has 0 saturated heterocycles. The minimum atomic E-state index is -1.38. The van der Waals surface area contributed by atoms with Crippen molar-refractivity contribution in [1.82, 2.24) is 0 Å². The van der Waals surface area contributed by atoms with E-state index in [4.69, 9.17) is 10.0 Å². The van der Waals surface area contributed by atoms with E-state index in [-0.39, 0.29) is 13.8 Å². The van der Waals surface area contributed by atoms with Crippen LogP contribution in [-0.2, 0) is 0 Å². The quantitative estimate of drug-likeness (QED) is 0.670. The lowest BCUT2D eigenvalue weighted by Gasteiger charge is -2.13. The molecule has 0 unspecified atom stereocenters. The van der Waals surface area contributed by atoms with Crippen LogP contribution in [0.4, 0.5) is 5.69 Å². The fourth-order valence-electron chi connectivity index (χ4n) is 0.964. The second-order valence-electron chi connectivity index (χ2n) is 2.86. The third kappa shape index (κ3) is 3.26. The third-order valence-corrected chi connectivity index (χ3v) is 1.68. The molecule has 0 spiro atoms. The zero-order chi connectivity index (χ0) is 9.14. The molecular weight excluding hydrogens is 188 g/mol. The molecule has 0 aliphatic heterocycles. The van der Waals surface area contributed by atoms with E-state index >= 15 is 0 Å². The summed E-state index contributed by atoms with van der Waals surface area (Å²) in [7, 11) is 2.43. The van der Waals surface area contributed by atoms with Gasteiger partial charge in [-0.05, 0) is 17.6 Å². The van der Waals surface area contributed by atoms with Crippen molar-refractivity contribution < 1.29 is 11.5 Å². The van der Waals surface area contributed by atoms with Crippen molar-refractivity contribution in [3.63, 3.8) is 0 Å². The Balaban J connectivity index is 0. The maximum Gasteiger partial charge on any atom is 0.488 e. The first kappa shape index (κ1) is 12.3. The Hall–Kier alpha value is -0.705. The Bertz CT molecular complexity index is 250. The molecule has 0 amide bonds. The first-order chi connectivity index (χ1) is 5.61. The number of hydrogen-bond donors (Lipinski definition) is 2. The van der Waals surface area contributed by atoms with Crippen molar-refractivity contribution in [2.75, 3.05) is 19.0 Å². The highest BCUT2D eigenvalue weighted by atomic mass is 35.5. The lowest BCUT2D eigenvalue weighted by molar-refractivity contribution is 0.426. The van der Waals surface area contributed by atoms with Gasteiger partial charge in [0.2, 0.25) is 0 Å². The van der Waals surface area contributed by atoms with Crippen LogP contribution in [0.25, 0.3) is 0 Å². The lowest BCUT2D eigenvalue weighted by Crippen LogP contribution is -2.30. The van der Waals surface area contributed by atoms with Gasteiger partial charge in [-0.15, -0.1) is 12.4 Å². The summed E-state index contributed by atoms with van der Waals surface area (Å²) in [4.78, 5) is 1.91. The van der Waals surface area contributed by atoms with Crippen molar-refractivity contribution in [3.05, 3.63) is 24.3 Å². The normalized spacial score (nSPS) is 8.92. The van der Waals surface area contributed by atoms with Crippen LogP contribution in [-0.4, -0.2) is 31.3 Å². The highest BCUT2D eigenvalue weighted by molar-refractivity contribution is 6.58. The number of anilines is 1. The molecule has 74 valence electrons. The minimum absolute atomic E-state index is 0. The van der Waals surface area contributed by atoms with E-state index in [2.05, 4.69) is 0 Å². The maximum atomic E-state index is 8.87. The summed E-state index contributed by atoms with van der Waals surface area (Å²) in [6.07, 6.45) is 0. The van der Waals surface area contributed by atoms with Crippen molar-refractivity contribution in [1.29, 1.82) is 0 Å². The number of rotatable bonds is 2. The molecule has 0 aromatic heterocycles. The summed E-state index contributed by atoms with van der Waals surface area (Å²) >= 11 is 0. The van der Waals surface area contributed by atoms with Crippen molar-refractivity contribution in [2.24, 2.45) is 0 Å². The first-order valence-electron chi connectivity index (χ1n) is 3.74. The van der Waals surface area contributed by atoms with Crippen molar-refractivity contribution in [2.45, 2.75) is 0 Å². The van der Waals surface area contributed by atoms with E-state index in [0.29, 0.717) is 5.46 Å². The number of halogens is 1. The Morgan fingerprint density at radius 3 is 2.38 bits per heavy atom. The molecule has 0 fully saturated rings. The highest BCUT2D eigenvalue weighted by Crippen LogP contribution is 2.06. The van der Waals surface area contributed by atoms with Crippen LogP contribution in [0.5, 0.6) is 0 Å². The molecule has 1 rings (SSSR count). The lowest BCUT2D eigenvalue weighted by atomic mass is 9.80. The molecule has 13 heavy (non-hydrogen) atoms. The van der Waals surface area contributed by atoms with Crippen LogP contribution in [0, 0.1) is 0 Å². The number of hydrogen-bond acceptors (Lipinski definition) is 3. The summed E-state index contributed by atoms with van der Waals surface area (Å²) in [5, 5.41) is 17.7. The van der Waals surface area contributed by atoms with Crippen LogP contribution in [0.3, 0.4) is 0 Å². The van der Waals surface area contributed by atoms with Gasteiger partial charge >= 0.3 is 7.12 Å². The van der Waals surface area contributed by atoms with Gasteiger partial charge in [0.05, 0.1) is 0 Å². The Labute approximate surface area is 86.0 Å². The molecule has 0 bridgehead atoms. The van der Waals surface area contributed by atoms with Gasteiger partial charge in [-0.1, -0.05) is 12.1 Å². The predicted octanol–water partition coefficient (Wildman–Crippen LogP) is 0.100. The van der Waals surface area contributed by atoms with Gasteiger partial charge in [0.1, 0.15) is 0 Å². The van der Waals surface area contributed by atoms with Crippen molar-refractivity contribution >= 4 is 30.7 Å². The molecule has 2 N–H and O–H groups in total. The predicted molar refractivity (Wildman–Crippen MR) is 60.0 cm³/mol. The van der Waals surface area contributed by atoms with Gasteiger partial charge < -0.3 is 14.9 Å². The van der Waals surface area contributed by atoms with Gasteiger partial charge in [-0.2, -0.15) is 0 Å². The third-order valence-electron chi connectivity index (χ3n) is 1.68. The molecule has 0 heterocycles. The molecule has 0 aliphatic rings. The zero-order valence-electron chi connectivity index (χ0n) is 7.64. The second-order valence-corrected chi connectivity index (χ2v) is 2.86. The Morgan fingerprint density at radius 2 is 1.92 bits per heavy atom. The molecule has 5 heteroatoms. The molecule has 1 aromatic rings. The highest BCUT2D eigenvalue weighted by Gasteiger charge is 2.10. The number of benzene rings is 1. The molecule has 0 atom stereocenters. The number of nitrogens with zero attached hydrogens (tertiary/aromatic N) is 1. The summed E-state index contributed by atoms with van der Waals surface area (Å²) in [6, 6.07) is 7.12. The van der Waals surface area contributed by atoms with E-state index in [1.54, 1.807) is 18.2 Å². The van der Waals surface area contributed by atoms with Gasteiger partial charge in [0.15, 0.2) is 0 Å². The van der Waals surface area contributed by atoms with Gasteiger partial charge in [0.25, 0.3) is 0 Å². The van der Waals surface area contributed by atoms with Gasteiger partial charge in [-0.25, -0.2) is 0 Å². The van der Waals surface area contributed by atoms with Crippen LogP contribution < -0.4 is 10.4 Å². The maximum absolute atomic E-state index is 8.87. The minimum Gasteiger partial charge on any atom is -0.423 e. The van der Waals surface area contributed by atoms with Crippen LogP contribution in [0.1, 0.15) is 1.43 Å². The zero-order valence-corrected chi connectivity index (χ0v) is 8.45. The van der Waals surface area contributed by atoms with E-state index < -0.39 is 7.12 Å². The SMILES string of the molecule is CN(C)c1cccc(B(O)O)c1.Cl.[HH]. The molecular formula is C8H15BClNO2.